The van der Waals surface area contributed by atoms with Crippen LogP contribution in [0.4, 0.5) is 5.82 Å². The number of pyridine rings is 1. The molecule has 0 fully saturated rings. The van der Waals surface area contributed by atoms with E-state index in [4.69, 9.17) is 16.9 Å². The average Bonchev–Trinajstić information content (AvgIpc) is 2.27. The highest BCUT2D eigenvalue weighted by Crippen LogP contribution is 2.22. The number of nitriles is 1. The number of halogens is 1. The Labute approximate surface area is 91.6 Å². The van der Waals surface area contributed by atoms with Crippen molar-refractivity contribution >= 4 is 23.4 Å². The van der Waals surface area contributed by atoms with E-state index in [-0.39, 0.29) is 11.6 Å². The van der Waals surface area contributed by atoms with Crippen LogP contribution in [-0.2, 0) is 9.53 Å². The quantitative estimate of drug-likeness (QED) is 0.783. The third-order valence-electron chi connectivity index (χ3n) is 1.64. The van der Waals surface area contributed by atoms with Crippen molar-refractivity contribution in [3.63, 3.8) is 0 Å². The van der Waals surface area contributed by atoms with Crippen LogP contribution in [0.1, 0.15) is 5.56 Å². The highest BCUT2D eigenvalue weighted by molar-refractivity contribution is 6.34. The number of aromatic nitrogens is 1. The minimum absolute atomic E-state index is 0.0435. The number of methoxy groups -OCH3 is 1. The van der Waals surface area contributed by atoms with E-state index in [1.54, 1.807) is 0 Å². The monoisotopic (exact) mass is 225 g/mol. The zero-order valence-corrected chi connectivity index (χ0v) is 8.71. The fourth-order valence-corrected chi connectivity index (χ4v) is 1.10. The Kier molecular flexibility index (Phi) is 3.89. The number of nitrogens with one attached hydrogen (secondary N) is 1. The highest BCUT2D eigenvalue weighted by atomic mass is 35.5. The molecule has 5 nitrogen and oxygen atoms in total. The lowest BCUT2D eigenvalue weighted by molar-refractivity contribution is -0.138. The van der Waals surface area contributed by atoms with Crippen LogP contribution in [0.2, 0.25) is 5.02 Å². The van der Waals surface area contributed by atoms with Crippen LogP contribution >= 0.6 is 11.6 Å². The van der Waals surface area contributed by atoms with Gasteiger partial charge >= 0.3 is 5.97 Å². The van der Waals surface area contributed by atoms with Crippen molar-refractivity contribution in [1.29, 1.82) is 5.26 Å². The molecule has 0 bridgehead atoms. The van der Waals surface area contributed by atoms with Crippen LogP contribution in [-0.4, -0.2) is 24.6 Å². The van der Waals surface area contributed by atoms with Crippen LogP contribution in [0.25, 0.3) is 0 Å². The summed E-state index contributed by atoms with van der Waals surface area (Å²) < 4.78 is 4.43. The first-order valence-corrected chi connectivity index (χ1v) is 4.42. The van der Waals surface area contributed by atoms with Crippen molar-refractivity contribution in [2.45, 2.75) is 0 Å². The Morgan fingerprint density at radius 2 is 2.53 bits per heavy atom. The first-order chi connectivity index (χ1) is 7.19. The van der Waals surface area contributed by atoms with Gasteiger partial charge in [0.05, 0.1) is 12.7 Å². The van der Waals surface area contributed by atoms with Gasteiger partial charge in [-0.05, 0) is 6.07 Å². The van der Waals surface area contributed by atoms with Gasteiger partial charge in [0.1, 0.15) is 23.5 Å². The van der Waals surface area contributed by atoms with Gasteiger partial charge in [0.2, 0.25) is 0 Å². The summed E-state index contributed by atoms with van der Waals surface area (Å²) in [5.74, 6) is -0.142. The van der Waals surface area contributed by atoms with E-state index in [1.165, 1.54) is 19.4 Å². The van der Waals surface area contributed by atoms with Crippen molar-refractivity contribution in [3.05, 3.63) is 22.8 Å². The van der Waals surface area contributed by atoms with Crippen LogP contribution in [0.5, 0.6) is 0 Å². The molecule has 1 aromatic rings. The summed E-state index contributed by atoms with van der Waals surface area (Å²) in [6.07, 6.45) is 1.43. The molecule has 0 saturated carbocycles. The number of esters is 1. The Bertz CT molecular complexity index is 414. The summed E-state index contributed by atoms with van der Waals surface area (Å²) in [6.45, 7) is -0.0435. The fourth-order valence-electron chi connectivity index (χ4n) is 0.881. The van der Waals surface area contributed by atoms with Crippen molar-refractivity contribution in [1.82, 2.24) is 4.98 Å². The normalized spacial score (nSPS) is 9.13. The second-order valence-electron chi connectivity index (χ2n) is 2.56. The van der Waals surface area contributed by atoms with Gasteiger partial charge in [-0.25, -0.2) is 4.98 Å². The molecule has 0 amide bonds. The predicted molar refractivity (Wildman–Crippen MR) is 54.5 cm³/mol. The number of carbonyl (C=O) groups is 1. The molecule has 0 saturated heterocycles. The van der Waals surface area contributed by atoms with Crippen LogP contribution in [0.3, 0.4) is 0 Å². The second kappa shape index (κ2) is 5.17. The Hall–Kier alpha value is -1.80. The van der Waals surface area contributed by atoms with Crippen molar-refractivity contribution in [2.24, 2.45) is 0 Å². The molecular weight excluding hydrogens is 218 g/mol. The molecule has 6 heteroatoms. The Morgan fingerprint density at radius 1 is 1.80 bits per heavy atom. The molecule has 15 heavy (non-hydrogen) atoms. The van der Waals surface area contributed by atoms with E-state index in [0.29, 0.717) is 11.4 Å². The molecule has 78 valence electrons. The first kappa shape index (κ1) is 11.3. The molecule has 1 N–H and O–H groups in total. The molecule has 1 heterocycles. The van der Waals surface area contributed by atoms with E-state index < -0.39 is 5.97 Å². The van der Waals surface area contributed by atoms with Gasteiger partial charge in [0.25, 0.3) is 0 Å². The Morgan fingerprint density at radius 3 is 3.13 bits per heavy atom. The number of hydrogen-bond acceptors (Lipinski definition) is 5. The SMILES string of the molecule is COC(=O)CNc1nccc(C#N)c1Cl. The highest BCUT2D eigenvalue weighted by Gasteiger charge is 2.08. The van der Waals surface area contributed by atoms with Crippen molar-refractivity contribution in [3.8, 4) is 6.07 Å². The molecule has 0 aliphatic rings. The van der Waals surface area contributed by atoms with Gasteiger partial charge < -0.3 is 10.1 Å². The zero-order chi connectivity index (χ0) is 11.3. The van der Waals surface area contributed by atoms with Gasteiger partial charge in [-0.2, -0.15) is 5.26 Å². The average molecular weight is 226 g/mol. The summed E-state index contributed by atoms with van der Waals surface area (Å²) in [5, 5.41) is 11.6. The molecule has 0 radical (unpaired) electrons. The van der Waals surface area contributed by atoms with Crippen LogP contribution in [0.15, 0.2) is 12.3 Å². The summed E-state index contributed by atoms with van der Waals surface area (Å²) >= 11 is 5.84. The lowest BCUT2D eigenvalue weighted by Gasteiger charge is -2.06. The maximum Gasteiger partial charge on any atom is 0.325 e. The second-order valence-corrected chi connectivity index (χ2v) is 2.94. The van der Waals surface area contributed by atoms with Gasteiger partial charge in [-0.3, -0.25) is 4.79 Å². The molecule has 0 aliphatic carbocycles. The van der Waals surface area contributed by atoms with E-state index in [0.717, 1.165) is 0 Å². The third kappa shape index (κ3) is 2.82. The summed E-state index contributed by atoms with van der Waals surface area (Å²) in [7, 11) is 1.28. The summed E-state index contributed by atoms with van der Waals surface area (Å²) in [5.41, 5.74) is 0.305. The molecule has 1 rings (SSSR count). The predicted octanol–water partition coefficient (Wildman–Crippen LogP) is 1.19. The van der Waals surface area contributed by atoms with E-state index in [9.17, 15) is 4.79 Å². The summed E-state index contributed by atoms with van der Waals surface area (Å²) in [6, 6.07) is 3.40. The van der Waals surface area contributed by atoms with E-state index >= 15 is 0 Å². The Balaban J connectivity index is 2.78. The van der Waals surface area contributed by atoms with Crippen molar-refractivity contribution in [2.75, 3.05) is 19.0 Å². The first-order valence-electron chi connectivity index (χ1n) is 4.04. The minimum Gasteiger partial charge on any atom is -0.468 e. The lowest BCUT2D eigenvalue weighted by atomic mass is 10.3. The number of rotatable bonds is 3. The van der Waals surface area contributed by atoms with Crippen LogP contribution < -0.4 is 5.32 Å². The smallest absolute Gasteiger partial charge is 0.325 e. The number of hydrogen-bond donors (Lipinski definition) is 1. The maximum absolute atomic E-state index is 10.8. The van der Waals surface area contributed by atoms with Gasteiger partial charge in [0.15, 0.2) is 0 Å². The molecule has 0 unspecified atom stereocenters. The maximum atomic E-state index is 10.8. The number of carbonyl (C=O) groups excluding carboxylic acids is 1. The number of ether oxygens (including phenoxy) is 1. The van der Waals surface area contributed by atoms with E-state index in [2.05, 4.69) is 15.0 Å². The molecular formula is C9H8ClN3O2. The van der Waals surface area contributed by atoms with Crippen LogP contribution in [0, 0.1) is 11.3 Å². The van der Waals surface area contributed by atoms with Gasteiger partial charge in [-0.15, -0.1) is 0 Å². The molecule has 0 spiro atoms. The van der Waals surface area contributed by atoms with Gasteiger partial charge in [0, 0.05) is 6.20 Å². The minimum atomic E-state index is -0.435. The molecule has 1 aromatic heterocycles. The number of nitrogens with zero attached hydrogens (tertiary/aromatic N) is 2. The largest absolute Gasteiger partial charge is 0.468 e. The molecule has 0 atom stereocenters. The molecule has 0 aliphatic heterocycles. The standard InChI is InChI=1S/C9H8ClN3O2/c1-15-7(14)5-13-9-8(10)6(4-11)2-3-12-9/h2-3H,5H2,1H3,(H,12,13). The fraction of sp³-hybridized carbons (Fsp3) is 0.222. The van der Waals surface area contributed by atoms with Crippen molar-refractivity contribution < 1.29 is 9.53 Å². The topological polar surface area (TPSA) is 75.0 Å². The lowest BCUT2D eigenvalue weighted by Crippen LogP contribution is -2.16. The molecule has 0 aromatic carbocycles. The zero-order valence-electron chi connectivity index (χ0n) is 7.95. The number of anilines is 1. The summed E-state index contributed by atoms with van der Waals surface area (Å²) in [4.78, 5) is 14.7. The van der Waals surface area contributed by atoms with E-state index in [1.807, 2.05) is 6.07 Å². The van der Waals surface area contributed by atoms with Gasteiger partial charge in [-0.1, -0.05) is 11.6 Å². The third-order valence-corrected chi connectivity index (χ3v) is 2.02.